The summed E-state index contributed by atoms with van der Waals surface area (Å²) in [4.78, 5) is 9.00. The quantitative estimate of drug-likeness (QED) is 0.196. The van der Waals surface area contributed by atoms with Gasteiger partial charge in [0, 0.05) is 34.5 Å². The van der Waals surface area contributed by atoms with E-state index in [1.807, 2.05) is 36.4 Å². The van der Waals surface area contributed by atoms with E-state index in [1.165, 1.54) is 49.8 Å². The van der Waals surface area contributed by atoms with Crippen molar-refractivity contribution in [2.75, 3.05) is 20.0 Å². The number of anilines is 1. The molecule has 0 fully saturated rings. The standard InChI is InChI=1S/C16H15NOS.C15H14N2OS.C2H4O2/c1-10-4-6-14(18-3)12(8-10)16-13-9-11(2)5-7-15(13)19-17-16;1-9-3-5-13(18-2)11(7-9)15-12-8-10(16)4-6-14(12)19-17-15;1-2(3)4/h4-9H,1-3H3;3-8H,16H2,1-2H3;1H3,(H,3,4). The van der Waals surface area contributed by atoms with Crippen LogP contribution in [-0.4, -0.2) is 34.0 Å². The highest BCUT2D eigenvalue weighted by molar-refractivity contribution is 7.14. The number of methoxy groups -OCH3 is 2. The van der Waals surface area contributed by atoms with Gasteiger partial charge in [-0.1, -0.05) is 34.9 Å². The van der Waals surface area contributed by atoms with Crippen molar-refractivity contribution >= 4 is 54.9 Å². The average Bonchev–Trinajstić information content (AvgIpc) is 3.56. The molecule has 0 atom stereocenters. The second kappa shape index (κ2) is 13.5. The fraction of sp³-hybridized carbons (Fsp3) is 0.182. The molecule has 0 aliphatic heterocycles. The predicted molar refractivity (Wildman–Crippen MR) is 175 cm³/mol. The Balaban J connectivity index is 0.000000171. The molecule has 0 spiro atoms. The van der Waals surface area contributed by atoms with Gasteiger partial charge in [0.25, 0.3) is 5.97 Å². The van der Waals surface area contributed by atoms with Crippen LogP contribution in [0.1, 0.15) is 23.6 Å². The van der Waals surface area contributed by atoms with Gasteiger partial charge in [-0.05, 0) is 98.4 Å². The summed E-state index contributed by atoms with van der Waals surface area (Å²) in [5.41, 5.74) is 14.3. The number of hydrogen-bond acceptors (Lipinski definition) is 8. The summed E-state index contributed by atoms with van der Waals surface area (Å²) in [6, 6.07) is 24.6. The molecule has 9 heteroatoms. The van der Waals surface area contributed by atoms with E-state index in [0.29, 0.717) is 0 Å². The molecule has 3 N–H and O–H groups in total. The van der Waals surface area contributed by atoms with E-state index < -0.39 is 5.97 Å². The zero-order valence-corrected chi connectivity index (χ0v) is 26.0. The van der Waals surface area contributed by atoms with Crippen molar-refractivity contribution in [1.29, 1.82) is 0 Å². The maximum atomic E-state index is 9.00. The van der Waals surface area contributed by atoms with Crippen LogP contribution in [0, 0.1) is 20.8 Å². The molecule has 216 valence electrons. The highest BCUT2D eigenvalue weighted by atomic mass is 32.1. The van der Waals surface area contributed by atoms with E-state index in [1.54, 1.807) is 14.2 Å². The number of aliphatic carboxylic acids is 1. The van der Waals surface area contributed by atoms with E-state index in [0.717, 1.165) is 56.7 Å². The number of ether oxygens (including phenoxy) is 2. The lowest BCUT2D eigenvalue weighted by atomic mass is 10.0. The van der Waals surface area contributed by atoms with Gasteiger partial charge >= 0.3 is 0 Å². The SMILES string of the molecule is CC(=O)O.COc1ccc(C)cc1-c1nsc2ccc(C)cc12.COc1ccc(C)cc1-c1nsc2ccc(N)cc12. The monoisotopic (exact) mass is 599 g/mol. The van der Waals surface area contributed by atoms with Crippen molar-refractivity contribution in [2.45, 2.75) is 27.7 Å². The summed E-state index contributed by atoms with van der Waals surface area (Å²) < 4.78 is 22.4. The minimum atomic E-state index is -0.833. The summed E-state index contributed by atoms with van der Waals surface area (Å²) in [5.74, 6) is 0.875. The van der Waals surface area contributed by atoms with E-state index in [-0.39, 0.29) is 0 Å². The topological polar surface area (TPSA) is 108 Å². The largest absolute Gasteiger partial charge is 0.496 e. The molecule has 2 aromatic heterocycles. The minimum absolute atomic E-state index is 0.751. The number of carboxylic acids is 1. The Morgan fingerprint density at radius 1 is 0.690 bits per heavy atom. The highest BCUT2D eigenvalue weighted by Gasteiger charge is 2.15. The second-order valence-electron chi connectivity index (χ2n) is 9.74. The molecule has 0 saturated carbocycles. The lowest BCUT2D eigenvalue weighted by molar-refractivity contribution is -0.134. The molecule has 0 aliphatic carbocycles. The first-order valence-corrected chi connectivity index (χ1v) is 14.7. The molecule has 0 amide bonds. The number of nitrogens with two attached hydrogens (primary N) is 1. The molecule has 0 aliphatic rings. The fourth-order valence-corrected chi connectivity index (χ4v) is 5.95. The Labute approximate surface area is 253 Å². The van der Waals surface area contributed by atoms with Gasteiger partial charge in [-0.2, -0.15) is 8.75 Å². The van der Waals surface area contributed by atoms with Gasteiger partial charge in [0.2, 0.25) is 0 Å². The molecular formula is C33H33N3O4S2. The molecule has 0 bridgehead atoms. The van der Waals surface area contributed by atoms with Crippen LogP contribution in [0.4, 0.5) is 5.69 Å². The van der Waals surface area contributed by atoms with Crippen molar-refractivity contribution in [3.63, 3.8) is 0 Å². The van der Waals surface area contributed by atoms with Gasteiger partial charge in [-0.15, -0.1) is 0 Å². The predicted octanol–water partition coefficient (Wildman–Crippen LogP) is 8.54. The summed E-state index contributed by atoms with van der Waals surface area (Å²) >= 11 is 3.02. The Bertz CT molecular complexity index is 1730. The van der Waals surface area contributed by atoms with Crippen LogP contribution in [0.2, 0.25) is 0 Å². The zero-order chi connectivity index (χ0) is 30.4. The number of aromatic nitrogens is 2. The molecule has 6 aromatic rings. The van der Waals surface area contributed by atoms with Crippen molar-refractivity contribution in [1.82, 2.24) is 8.75 Å². The van der Waals surface area contributed by atoms with E-state index in [4.69, 9.17) is 25.1 Å². The summed E-state index contributed by atoms with van der Waals surface area (Å²) in [7, 11) is 3.38. The van der Waals surface area contributed by atoms with Gasteiger partial charge < -0.3 is 20.3 Å². The third-order valence-corrected chi connectivity index (χ3v) is 7.99. The number of rotatable bonds is 4. The van der Waals surface area contributed by atoms with Crippen LogP contribution >= 0.6 is 23.1 Å². The third kappa shape index (κ3) is 7.05. The van der Waals surface area contributed by atoms with Crippen LogP contribution in [0.5, 0.6) is 11.5 Å². The molecule has 42 heavy (non-hydrogen) atoms. The highest BCUT2D eigenvalue weighted by Crippen LogP contribution is 2.38. The zero-order valence-electron chi connectivity index (χ0n) is 24.4. The number of nitrogens with zero attached hydrogens (tertiary/aromatic N) is 2. The molecule has 0 radical (unpaired) electrons. The Morgan fingerprint density at radius 3 is 1.57 bits per heavy atom. The van der Waals surface area contributed by atoms with Crippen LogP contribution < -0.4 is 15.2 Å². The molecule has 0 unspecified atom stereocenters. The molecule has 6 rings (SSSR count). The maximum absolute atomic E-state index is 9.00. The van der Waals surface area contributed by atoms with Crippen LogP contribution in [0.3, 0.4) is 0 Å². The minimum Gasteiger partial charge on any atom is -0.496 e. The summed E-state index contributed by atoms with van der Waals surface area (Å²) in [6.45, 7) is 7.34. The Morgan fingerprint density at radius 2 is 1.10 bits per heavy atom. The first kappa shape index (κ1) is 30.5. The lowest BCUT2D eigenvalue weighted by Gasteiger charge is -2.08. The van der Waals surface area contributed by atoms with E-state index in [9.17, 15) is 0 Å². The summed E-state index contributed by atoms with van der Waals surface area (Å²) in [5, 5.41) is 9.70. The summed E-state index contributed by atoms with van der Waals surface area (Å²) in [6.07, 6.45) is 0. The number of carbonyl (C=O) groups is 1. The van der Waals surface area contributed by atoms with Crippen molar-refractivity contribution in [2.24, 2.45) is 0 Å². The fourth-order valence-electron chi connectivity index (χ4n) is 4.41. The smallest absolute Gasteiger partial charge is 0.300 e. The van der Waals surface area contributed by atoms with Gasteiger partial charge in [-0.25, -0.2) is 0 Å². The third-order valence-electron chi connectivity index (χ3n) is 6.34. The molecule has 4 aromatic carbocycles. The van der Waals surface area contributed by atoms with Crippen molar-refractivity contribution in [3.05, 3.63) is 89.5 Å². The number of fused-ring (bicyclic) bond motifs is 2. The van der Waals surface area contributed by atoms with Crippen LogP contribution in [0.25, 0.3) is 42.7 Å². The number of aryl methyl sites for hydroxylation is 3. The van der Waals surface area contributed by atoms with Gasteiger partial charge in [0.1, 0.15) is 11.5 Å². The molecular weight excluding hydrogens is 567 g/mol. The number of carboxylic acid groups (broad SMARTS) is 1. The van der Waals surface area contributed by atoms with Gasteiger partial charge in [-0.3, -0.25) is 4.79 Å². The van der Waals surface area contributed by atoms with Crippen LogP contribution in [0.15, 0.2) is 72.8 Å². The Hall–Kier alpha value is -4.47. The van der Waals surface area contributed by atoms with Crippen LogP contribution in [-0.2, 0) is 4.79 Å². The normalized spacial score (nSPS) is 10.4. The van der Waals surface area contributed by atoms with Gasteiger partial charge in [0.05, 0.1) is 35.0 Å². The molecule has 7 nitrogen and oxygen atoms in total. The number of benzene rings is 4. The number of nitrogen functional groups attached to an aromatic ring is 1. The van der Waals surface area contributed by atoms with Crippen molar-refractivity contribution in [3.8, 4) is 34.0 Å². The second-order valence-corrected chi connectivity index (χ2v) is 11.4. The first-order chi connectivity index (χ1) is 20.1. The lowest BCUT2D eigenvalue weighted by Crippen LogP contribution is -1.90. The van der Waals surface area contributed by atoms with Crippen molar-refractivity contribution < 1.29 is 19.4 Å². The molecule has 0 saturated heterocycles. The van der Waals surface area contributed by atoms with E-state index in [2.05, 4.69) is 65.9 Å². The Kier molecular flexibility index (Phi) is 9.77. The average molecular weight is 600 g/mol. The maximum Gasteiger partial charge on any atom is 0.300 e. The van der Waals surface area contributed by atoms with E-state index >= 15 is 0 Å². The first-order valence-electron chi connectivity index (χ1n) is 13.1. The number of hydrogen-bond donors (Lipinski definition) is 2. The van der Waals surface area contributed by atoms with Gasteiger partial charge in [0.15, 0.2) is 0 Å². The molecule has 2 heterocycles.